The number of nitrogens with one attached hydrogen (secondary N) is 2. The molecule has 0 saturated carbocycles. The number of carboxylic acid groups (broad SMARTS) is 1. The van der Waals surface area contributed by atoms with Crippen LogP contribution in [0.2, 0.25) is 0 Å². The van der Waals surface area contributed by atoms with Gasteiger partial charge in [0.1, 0.15) is 23.9 Å². The molecule has 1 aromatic carbocycles. The molecule has 1 aliphatic heterocycles. The Hall–Kier alpha value is -4.40. The van der Waals surface area contributed by atoms with Gasteiger partial charge in [-0.15, -0.1) is 0 Å². The number of guanidine groups is 1. The molecule has 1 heterocycles. The number of nitrogens with zero attached hydrogens (tertiary/aromatic N) is 2. The number of amides is 4. The Morgan fingerprint density at radius 2 is 1.72 bits per heavy atom. The molecule has 0 aromatic heterocycles. The molecule has 4 amide bonds. The molecule has 214 valence electrons. The molecule has 12 N–H and O–H groups in total. The standard InChI is InChI=1S/C24H36N8O7/c25-15(12-19(26)34)22(37)32-10-2-4-18(32)21(36)31-17(11-13-5-7-14(33)8-6-13)20(35)30-16(23(38)39)3-1-9-29-24(27)28/h5-8,15-18,33H,1-4,9-12,25H2,(H2,26,34)(H,30,35)(H,31,36)(H,38,39)(H4,27,28,29). The summed E-state index contributed by atoms with van der Waals surface area (Å²) in [5.41, 5.74) is 22.0. The maximum atomic E-state index is 13.2. The first-order chi connectivity index (χ1) is 18.4. The Morgan fingerprint density at radius 3 is 2.31 bits per heavy atom. The van der Waals surface area contributed by atoms with Crippen LogP contribution in [0.3, 0.4) is 0 Å². The summed E-state index contributed by atoms with van der Waals surface area (Å²) in [7, 11) is 0. The van der Waals surface area contributed by atoms with E-state index < -0.39 is 53.8 Å². The molecule has 0 aliphatic carbocycles. The first kappa shape index (κ1) is 30.8. The lowest BCUT2D eigenvalue weighted by Gasteiger charge is -2.28. The van der Waals surface area contributed by atoms with Crippen molar-refractivity contribution in [3.63, 3.8) is 0 Å². The third-order valence-electron chi connectivity index (χ3n) is 6.15. The molecule has 15 heteroatoms. The zero-order valence-corrected chi connectivity index (χ0v) is 21.4. The van der Waals surface area contributed by atoms with Crippen molar-refractivity contribution in [3.05, 3.63) is 29.8 Å². The average Bonchev–Trinajstić information content (AvgIpc) is 3.35. The first-order valence-corrected chi connectivity index (χ1v) is 12.4. The smallest absolute Gasteiger partial charge is 0.326 e. The molecule has 1 aliphatic rings. The minimum absolute atomic E-state index is 0.00270. The highest BCUT2D eigenvalue weighted by Crippen LogP contribution is 2.20. The van der Waals surface area contributed by atoms with Gasteiger partial charge in [0.15, 0.2) is 5.96 Å². The Kier molecular flexibility index (Phi) is 11.5. The van der Waals surface area contributed by atoms with E-state index in [0.29, 0.717) is 18.4 Å². The van der Waals surface area contributed by atoms with Gasteiger partial charge in [0.05, 0.1) is 12.5 Å². The lowest BCUT2D eigenvalue weighted by atomic mass is 10.0. The van der Waals surface area contributed by atoms with Crippen molar-refractivity contribution in [3.8, 4) is 5.75 Å². The van der Waals surface area contributed by atoms with Crippen LogP contribution in [0.25, 0.3) is 0 Å². The predicted octanol–water partition coefficient (Wildman–Crippen LogP) is -2.76. The van der Waals surface area contributed by atoms with Gasteiger partial charge >= 0.3 is 5.97 Å². The van der Waals surface area contributed by atoms with Crippen LogP contribution < -0.4 is 33.6 Å². The Morgan fingerprint density at radius 1 is 1.05 bits per heavy atom. The van der Waals surface area contributed by atoms with Gasteiger partial charge in [-0.25, -0.2) is 4.79 Å². The van der Waals surface area contributed by atoms with Crippen molar-refractivity contribution in [1.82, 2.24) is 15.5 Å². The maximum Gasteiger partial charge on any atom is 0.326 e. The van der Waals surface area contributed by atoms with Gasteiger partial charge in [-0.05, 0) is 43.4 Å². The molecule has 39 heavy (non-hydrogen) atoms. The topological polar surface area (TPSA) is 270 Å². The summed E-state index contributed by atoms with van der Waals surface area (Å²) < 4.78 is 0. The molecular weight excluding hydrogens is 512 g/mol. The second kappa shape index (κ2) is 14.5. The van der Waals surface area contributed by atoms with E-state index >= 15 is 0 Å². The number of nitrogens with two attached hydrogens (primary N) is 4. The second-order valence-electron chi connectivity index (χ2n) is 9.25. The fourth-order valence-corrected chi connectivity index (χ4v) is 4.20. The summed E-state index contributed by atoms with van der Waals surface area (Å²) in [6.07, 6.45) is 0.695. The van der Waals surface area contributed by atoms with Crippen LogP contribution in [0.5, 0.6) is 5.75 Å². The molecule has 0 radical (unpaired) electrons. The van der Waals surface area contributed by atoms with Crippen molar-refractivity contribution in [2.45, 2.75) is 62.7 Å². The lowest BCUT2D eigenvalue weighted by Crippen LogP contribution is -2.57. The monoisotopic (exact) mass is 548 g/mol. The zero-order valence-electron chi connectivity index (χ0n) is 21.4. The Bertz CT molecular complexity index is 1070. The summed E-state index contributed by atoms with van der Waals surface area (Å²) in [5, 5.41) is 24.2. The number of phenolic OH excluding ortho intramolecular Hbond substituents is 1. The highest BCUT2D eigenvalue weighted by molar-refractivity contribution is 5.95. The number of phenols is 1. The van der Waals surface area contributed by atoms with Crippen molar-refractivity contribution in [2.24, 2.45) is 27.9 Å². The summed E-state index contributed by atoms with van der Waals surface area (Å²) >= 11 is 0. The summed E-state index contributed by atoms with van der Waals surface area (Å²) in [5.74, 6) is -4.18. The number of hydrogen-bond donors (Lipinski definition) is 8. The fraction of sp³-hybridized carbons (Fsp3) is 0.500. The van der Waals surface area contributed by atoms with E-state index in [1.165, 1.54) is 17.0 Å². The number of rotatable bonds is 14. The van der Waals surface area contributed by atoms with Gasteiger partial charge < -0.3 is 48.7 Å². The van der Waals surface area contributed by atoms with E-state index in [-0.39, 0.29) is 50.5 Å². The second-order valence-corrected chi connectivity index (χ2v) is 9.25. The number of benzene rings is 1. The molecule has 2 rings (SSSR count). The van der Waals surface area contributed by atoms with Crippen LogP contribution in [-0.4, -0.2) is 87.9 Å². The van der Waals surface area contributed by atoms with Crippen LogP contribution in [0.4, 0.5) is 0 Å². The number of primary amides is 1. The number of aromatic hydroxyl groups is 1. The number of carboxylic acids is 1. The van der Waals surface area contributed by atoms with Crippen LogP contribution in [-0.2, 0) is 30.4 Å². The SMILES string of the molecule is NC(=O)CC(N)C(=O)N1CCCC1C(=O)NC(Cc1ccc(O)cc1)C(=O)NC(CCCN=C(N)N)C(=O)O. The lowest BCUT2D eigenvalue weighted by molar-refractivity contribution is -0.143. The minimum atomic E-state index is -1.28. The fourth-order valence-electron chi connectivity index (χ4n) is 4.20. The van der Waals surface area contributed by atoms with Crippen molar-refractivity contribution >= 4 is 35.6 Å². The van der Waals surface area contributed by atoms with Crippen LogP contribution in [0.15, 0.2) is 29.3 Å². The highest BCUT2D eigenvalue weighted by Gasteiger charge is 2.38. The van der Waals surface area contributed by atoms with Gasteiger partial charge in [0, 0.05) is 19.5 Å². The van der Waals surface area contributed by atoms with E-state index in [4.69, 9.17) is 22.9 Å². The molecule has 0 spiro atoms. The zero-order chi connectivity index (χ0) is 29.1. The molecule has 0 bridgehead atoms. The molecule has 15 nitrogen and oxygen atoms in total. The quantitative estimate of drug-likeness (QED) is 0.0673. The van der Waals surface area contributed by atoms with E-state index in [2.05, 4.69) is 15.6 Å². The van der Waals surface area contributed by atoms with Crippen molar-refractivity contribution in [2.75, 3.05) is 13.1 Å². The van der Waals surface area contributed by atoms with Gasteiger partial charge in [-0.1, -0.05) is 12.1 Å². The van der Waals surface area contributed by atoms with Crippen LogP contribution in [0.1, 0.15) is 37.7 Å². The molecule has 4 unspecified atom stereocenters. The molecule has 1 saturated heterocycles. The van der Waals surface area contributed by atoms with Crippen LogP contribution >= 0.6 is 0 Å². The summed E-state index contributed by atoms with van der Waals surface area (Å²) in [4.78, 5) is 67.2. The number of aliphatic carboxylic acids is 1. The molecule has 1 fully saturated rings. The van der Waals surface area contributed by atoms with E-state index in [1.54, 1.807) is 12.1 Å². The predicted molar refractivity (Wildman–Crippen MR) is 140 cm³/mol. The normalized spacial score (nSPS) is 16.9. The summed E-state index contributed by atoms with van der Waals surface area (Å²) in [6.45, 7) is 0.397. The number of carbonyl (C=O) groups is 5. The van der Waals surface area contributed by atoms with E-state index in [9.17, 15) is 34.2 Å². The average molecular weight is 549 g/mol. The minimum Gasteiger partial charge on any atom is -0.508 e. The first-order valence-electron chi connectivity index (χ1n) is 12.4. The number of aliphatic imine (C=N–C) groups is 1. The number of hydrogen-bond acceptors (Lipinski definition) is 8. The van der Waals surface area contributed by atoms with E-state index in [1.807, 2.05) is 0 Å². The molecule has 4 atom stereocenters. The highest BCUT2D eigenvalue weighted by atomic mass is 16.4. The van der Waals surface area contributed by atoms with Gasteiger partial charge in [-0.3, -0.25) is 24.2 Å². The van der Waals surface area contributed by atoms with Crippen LogP contribution in [0, 0.1) is 0 Å². The Balaban J connectivity index is 2.19. The maximum absolute atomic E-state index is 13.2. The van der Waals surface area contributed by atoms with Crippen molar-refractivity contribution < 1.29 is 34.2 Å². The largest absolute Gasteiger partial charge is 0.508 e. The molecule has 1 aromatic rings. The van der Waals surface area contributed by atoms with Gasteiger partial charge in [0.25, 0.3) is 0 Å². The number of carbonyl (C=O) groups excluding carboxylic acids is 4. The van der Waals surface area contributed by atoms with Gasteiger partial charge in [-0.2, -0.15) is 0 Å². The van der Waals surface area contributed by atoms with Crippen molar-refractivity contribution in [1.29, 1.82) is 0 Å². The third-order valence-corrected chi connectivity index (χ3v) is 6.15. The number of likely N-dealkylation sites (tertiary alicyclic amines) is 1. The van der Waals surface area contributed by atoms with Gasteiger partial charge in [0.2, 0.25) is 23.6 Å². The summed E-state index contributed by atoms with van der Waals surface area (Å²) in [6, 6.07) is 1.30. The molecular formula is C24H36N8O7. The van der Waals surface area contributed by atoms with E-state index in [0.717, 1.165) is 0 Å². The Labute approximate surface area is 225 Å². The third kappa shape index (κ3) is 9.77.